The molecule has 0 bridgehead atoms. The minimum absolute atomic E-state index is 0.104. The van der Waals surface area contributed by atoms with Crippen molar-refractivity contribution in [2.24, 2.45) is 0 Å². The normalized spacial score (nSPS) is 15.5. The van der Waals surface area contributed by atoms with E-state index in [9.17, 15) is 0 Å². The van der Waals surface area contributed by atoms with Gasteiger partial charge < -0.3 is 4.90 Å². The SMILES string of the molecule is c1ccc(N(c2ccc3sc4cccc(C5(c6ccccc6)c6ccccc6-c6ccccc65)c4c3c2)c2cccc3c2-c2ccccc2C32CCCC2)cc1. The summed E-state index contributed by atoms with van der Waals surface area (Å²) in [6.07, 6.45) is 5.00. The third-order valence-corrected chi connectivity index (χ3v) is 14.4. The zero-order valence-corrected chi connectivity index (χ0v) is 31.9. The van der Waals surface area contributed by atoms with Crippen LogP contribution in [0.25, 0.3) is 42.4 Å². The summed E-state index contributed by atoms with van der Waals surface area (Å²) >= 11 is 1.91. The Hall–Kier alpha value is -6.22. The molecule has 0 saturated heterocycles. The quantitative estimate of drug-likeness (QED) is 0.170. The summed E-state index contributed by atoms with van der Waals surface area (Å²) < 4.78 is 2.62. The molecule has 1 heterocycles. The average molecular weight is 734 g/mol. The minimum Gasteiger partial charge on any atom is -0.310 e. The highest BCUT2D eigenvalue weighted by Crippen LogP contribution is 2.61. The third kappa shape index (κ3) is 4.25. The number of rotatable bonds is 5. The molecule has 0 N–H and O–H groups in total. The smallest absolute Gasteiger partial charge is 0.0720 e. The number of thiophene rings is 1. The molecule has 266 valence electrons. The lowest BCUT2D eigenvalue weighted by atomic mass is 9.66. The van der Waals surface area contributed by atoms with Crippen molar-refractivity contribution in [2.75, 3.05) is 4.90 Å². The molecule has 0 unspecified atom stereocenters. The van der Waals surface area contributed by atoms with E-state index in [0.29, 0.717) is 0 Å². The zero-order valence-electron chi connectivity index (χ0n) is 31.1. The molecule has 3 aliphatic carbocycles. The topological polar surface area (TPSA) is 3.24 Å². The molecule has 0 amide bonds. The van der Waals surface area contributed by atoms with E-state index in [1.165, 1.54) is 119 Å². The summed E-state index contributed by atoms with van der Waals surface area (Å²) in [7, 11) is 0. The van der Waals surface area contributed by atoms with E-state index in [4.69, 9.17) is 0 Å². The number of anilines is 3. The Morgan fingerprint density at radius 1 is 0.429 bits per heavy atom. The van der Waals surface area contributed by atoms with Crippen molar-refractivity contribution in [3.63, 3.8) is 0 Å². The van der Waals surface area contributed by atoms with Gasteiger partial charge in [-0.2, -0.15) is 0 Å². The molecule has 9 aromatic rings. The van der Waals surface area contributed by atoms with Gasteiger partial charge >= 0.3 is 0 Å². The van der Waals surface area contributed by atoms with Crippen LogP contribution >= 0.6 is 11.3 Å². The molecule has 1 aromatic heterocycles. The van der Waals surface area contributed by atoms with Gasteiger partial charge in [-0.1, -0.05) is 158 Å². The van der Waals surface area contributed by atoms with E-state index in [0.717, 1.165) is 0 Å². The molecule has 0 atom stereocenters. The fraction of sp³-hybridized carbons (Fsp3) is 0.111. The maximum absolute atomic E-state index is 2.53. The van der Waals surface area contributed by atoms with Crippen LogP contribution in [-0.4, -0.2) is 0 Å². The van der Waals surface area contributed by atoms with E-state index in [1.54, 1.807) is 0 Å². The summed E-state index contributed by atoms with van der Waals surface area (Å²) in [6.45, 7) is 0. The standard InChI is InChI=1S/C54H39NS/c1-3-17-36(18-4-1)54(44-25-11-7-21-39(44)40-22-8-12-26-45(40)54)47-28-16-30-50-52(47)42-35-38(31-32-49(42)56-50)55(37-19-5-2-6-20-37)48-29-15-27-46-51(48)41-23-9-10-24-43(41)53(46)33-13-14-34-53/h1-12,15-32,35H,13-14,33-34H2. The predicted octanol–water partition coefficient (Wildman–Crippen LogP) is 14.7. The lowest BCUT2D eigenvalue weighted by Gasteiger charge is -2.34. The number of para-hydroxylation sites is 1. The van der Waals surface area contributed by atoms with Gasteiger partial charge in [0.05, 0.1) is 11.1 Å². The van der Waals surface area contributed by atoms with Crippen LogP contribution in [0.2, 0.25) is 0 Å². The van der Waals surface area contributed by atoms with Crippen molar-refractivity contribution < 1.29 is 0 Å². The Morgan fingerprint density at radius 3 is 1.75 bits per heavy atom. The van der Waals surface area contributed by atoms with Crippen molar-refractivity contribution in [3.05, 3.63) is 221 Å². The van der Waals surface area contributed by atoms with Crippen molar-refractivity contribution in [3.8, 4) is 22.3 Å². The van der Waals surface area contributed by atoms with Gasteiger partial charge in [-0.3, -0.25) is 0 Å². The number of fused-ring (bicyclic) bond motifs is 11. The molecular formula is C54H39NS. The highest BCUT2D eigenvalue weighted by Gasteiger charge is 2.48. The molecule has 1 saturated carbocycles. The maximum atomic E-state index is 2.53. The highest BCUT2D eigenvalue weighted by molar-refractivity contribution is 7.25. The van der Waals surface area contributed by atoms with Gasteiger partial charge in [0.2, 0.25) is 0 Å². The molecule has 12 rings (SSSR count). The van der Waals surface area contributed by atoms with Crippen LogP contribution < -0.4 is 4.90 Å². The van der Waals surface area contributed by atoms with Crippen LogP contribution in [0.5, 0.6) is 0 Å². The van der Waals surface area contributed by atoms with Crippen molar-refractivity contribution >= 4 is 48.6 Å². The molecule has 1 spiro atoms. The number of benzene rings is 8. The second-order valence-corrected chi connectivity index (χ2v) is 17.0. The molecule has 2 heteroatoms. The Bertz CT molecular complexity index is 2940. The number of hydrogen-bond acceptors (Lipinski definition) is 2. The average Bonchev–Trinajstić information content (AvgIpc) is 4.04. The fourth-order valence-corrected chi connectivity index (χ4v) is 12.3. The van der Waals surface area contributed by atoms with E-state index in [-0.39, 0.29) is 5.41 Å². The van der Waals surface area contributed by atoms with Gasteiger partial charge in [-0.15, -0.1) is 11.3 Å². The summed E-state index contributed by atoms with van der Waals surface area (Å²) in [5, 5.41) is 2.64. The first-order chi connectivity index (χ1) is 27.8. The van der Waals surface area contributed by atoms with Gasteiger partial charge in [-0.05, 0) is 105 Å². The maximum Gasteiger partial charge on any atom is 0.0720 e. The van der Waals surface area contributed by atoms with E-state index >= 15 is 0 Å². The van der Waals surface area contributed by atoms with Crippen LogP contribution in [-0.2, 0) is 10.8 Å². The first-order valence-electron chi connectivity index (χ1n) is 20.1. The molecule has 0 aliphatic heterocycles. The monoisotopic (exact) mass is 733 g/mol. The summed E-state index contributed by atoms with van der Waals surface area (Å²) in [5.41, 5.74) is 17.0. The van der Waals surface area contributed by atoms with Crippen LogP contribution in [0.3, 0.4) is 0 Å². The second kappa shape index (κ2) is 12.1. The first kappa shape index (κ1) is 32.1. The molecular weight excluding hydrogens is 695 g/mol. The Labute approximate surface area is 332 Å². The number of hydrogen-bond donors (Lipinski definition) is 0. The molecule has 3 aliphatic rings. The van der Waals surface area contributed by atoms with Crippen LogP contribution in [0.1, 0.15) is 59.1 Å². The summed E-state index contributed by atoms with van der Waals surface area (Å²) in [5.74, 6) is 0. The summed E-state index contributed by atoms with van der Waals surface area (Å²) in [4.78, 5) is 2.53. The molecule has 8 aromatic carbocycles. The van der Waals surface area contributed by atoms with Crippen LogP contribution in [0.4, 0.5) is 17.1 Å². The Balaban J connectivity index is 1.15. The Morgan fingerprint density at radius 2 is 1.02 bits per heavy atom. The lowest BCUT2D eigenvalue weighted by molar-refractivity contribution is 0.550. The van der Waals surface area contributed by atoms with E-state index in [1.807, 2.05) is 11.3 Å². The van der Waals surface area contributed by atoms with Gasteiger partial charge in [0.25, 0.3) is 0 Å². The fourth-order valence-electron chi connectivity index (χ4n) is 11.1. The molecule has 1 fully saturated rings. The van der Waals surface area contributed by atoms with Crippen LogP contribution in [0.15, 0.2) is 188 Å². The third-order valence-electron chi connectivity index (χ3n) is 13.3. The molecule has 0 radical (unpaired) electrons. The zero-order chi connectivity index (χ0) is 36.8. The van der Waals surface area contributed by atoms with E-state index < -0.39 is 5.41 Å². The minimum atomic E-state index is -0.476. The Kier molecular flexibility index (Phi) is 6.95. The predicted molar refractivity (Wildman–Crippen MR) is 236 cm³/mol. The van der Waals surface area contributed by atoms with Gasteiger partial charge in [0.1, 0.15) is 0 Å². The van der Waals surface area contributed by atoms with Gasteiger partial charge in [0.15, 0.2) is 0 Å². The first-order valence-corrected chi connectivity index (χ1v) is 20.9. The van der Waals surface area contributed by atoms with Crippen molar-refractivity contribution in [2.45, 2.75) is 36.5 Å². The van der Waals surface area contributed by atoms with Crippen LogP contribution in [0, 0.1) is 0 Å². The largest absolute Gasteiger partial charge is 0.310 e. The van der Waals surface area contributed by atoms with Gasteiger partial charge in [0, 0.05) is 42.5 Å². The van der Waals surface area contributed by atoms with E-state index in [2.05, 4.69) is 193 Å². The van der Waals surface area contributed by atoms with Crippen molar-refractivity contribution in [1.29, 1.82) is 0 Å². The molecule has 1 nitrogen and oxygen atoms in total. The lowest BCUT2D eigenvalue weighted by Crippen LogP contribution is -2.28. The highest BCUT2D eigenvalue weighted by atomic mass is 32.1. The van der Waals surface area contributed by atoms with Gasteiger partial charge in [-0.25, -0.2) is 0 Å². The second-order valence-electron chi connectivity index (χ2n) is 15.9. The molecule has 56 heavy (non-hydrogen) atoms. The summed E-state index contributed by atoms with van der Waals surface area (Å²) in [6, 6.07) is 71.0. The van der Waals surface area contributed by atoms with Crippen molar-refractivity contribution in [1.82, 2.24) is 0 Å². The number of nitrogens with zero attached hydrogens (tertiary/aromatic N) is 1.